The van der Waals surface area contributed by atoms with Crippen LogP contribution in [0.1, 0.15) is 25.7 Å². The maximum absolute atomic E-state index is 13.8. The number of methoxy groups -OCH3 is 1. The number of hydrogen-bond acceptors (Lipinski definition) is 4. The van der Waals surface area contributed by atoms with Crippen molar-refractivity contribution in [2.24, 2.45) is 10.7 Å². The maximum Gasteiger partial charge on any atom is 0.198 e. The highest BCUT2D eigenvalue weighted by Crippen LogP contribution is 2.24. The molecule has 1 aliphatic carbocycles. The van der Waals surface area contributed by atoms with Crippen molar-refractivity contribution in [3.63, 3.8) is 0 Å². The van der Waals surface area contributed by atoms with Gasteiger partial charge in [0.15, 0.2) is 5.96 Å². The molecular formula is C24H32FN5O. The van der Waals surface area contributed by atoms with E-state index in [1.807, 2.05) is 18.2 Å². The minimum absolute atomic E-state index is 0.0798. The van der Waals surface area contributed by atoms with E-state index in [1.54, 1.807) is 13.2 Å². The first-order valence-electron chi connectivity index (χ1n) is 11.1. The molecule has 166 valence electrons. The lowest BCUT2D eigenvalue weighted by molar-refractivity contribution is 0.360. The third kappa shape index (κ3) is 5.47. The molecule has 0 bridgehead atoms. The highest BCUT2D eigenvalue weighted by Gasteiger charge is 2.25. The lowest BCUT2D eigenvalue weighted by atomic mass is 9.91. The Hall–Kier alpha value is -2.80. The Labute approximate surface area is 183 Å². The summed E-state index contributed by atoms with van der Waals surface area (Å²) < 4.78 is 19.1. The van der Waals surface area contributed by atoms with E-state index in [0.29, 0.717) is 5.69 Å². The van der Waals surface area contributed by atoms with Gasteiger partial charge in [0.05, 0.1) is 13.2 Å². The van der Waals surface area contributed by atoms with Gasteiger partial charge < -0.3 is 25.6 Å². The van der Waals surface area contributed by atoms with Crippen LogP contribution in [0.5, 0.6) is 5.75 Å². The van der Waals surface area contributed by atoms with Crippen molar-refractivity contribution in [2.75, 3.05) is 43.5 Å². The van der Waals surface area contributed by atoms with Gasteiger partial charge in [0.2, 0.25) is 0 Å². The van der Waals surface area contributed by atoms with Gasteiger partial charge in [0.25, 0.3) is 0 Å². The van der Waals surface area contributed by atoms with Crippen molar-refractivity contribution < 1.29 is 9.13 Å². The molecule has 1 heterocycles. The van der Waals surface area contributed by atoms with Crippen molar-refractivity contribution in [1.82, 2.24) is 4.90 Å². The first kappa shape index (κ1) is 21.4. The second kappa shape index (κ2) is 10.0. The predicted molar refractivity (Wildman–Crippen MR) is 124 cm³/mol. The summed E-state index contributed by atoms with van der Waals surface area (Å²) in [6, 6.07) is 14.9. The van der Waals surface area contributed by atoms with Gasteiger partial charge >= 0.3 is 0 Å². The van der Waals surface area contributed by atoms with E-state index in [2.05, 4.69) is 27.2 Å². The normalized spacial score (nSPS) is 22.4. The van der Waals surface area contributed by atoms with Crippen LogP contribution in [0.15, 0.2) is 53.5 Å². The Bertz CT molecular complexity index is 897. The maximum atomic E-state index is 13.8. The number of nitrogens with one attached hydrogen (secondary N) is 1. The number of anilines is 2. The quantitative estimate of drug-likeness (QED) is 0.578. The fourth-order valence-corrected chi connectivity index (χ4v) is 4.33. The summed E-state index contributed by atoms with van der Waals surface area (Å²) in [5.74, 6) is 1.39. The number of piperazine rings is 1. The highest BCUT2D eigenvalue weighted by atomic mass is 19.1. The topological polar surface area (TPSA) is 66.1 Å². The zero-order valence-electron chi connectivity index (χ0n) is 18.1. The van der Waals surface area contributed by atoms with Gasteiger partial charge in [-0.05, 0) is 43.2 Å². The smallest absolute Gasteiger partial charge is 0.198 e. The summed E-state index contributed by atoms with van der Waals surface area (Å²) in [5, 5.41) is 3.37. The highest BCUT2D eigenvalue weighted by molar-refractivity contribution is 5.94. The molecule has 3 N–H and O–H groups in total. The molecule has 2 aliphatic rings. The molecule has 2 fully saturated rings. The average molecular weight is 426 g/mol. The van der Waals surface area contributed by atoms with Crippen LogP contribution in [-0.2, 0) is 0 Å². The fourth-order valence-electron chi connectivity index (χ4n) is 4.33. The fraction of sp³-hybridized carbons (Fsp3) is 0.458. The molecule has 0 radical (unpaired) electrons. The van der Waals surface area contributed by atoms with E-state index >= 15 is 0 Å². The van der Waals surface area contributed by atoms with Crippen LogP contribution < -0.4 is 20.7 Å². The van der Waals surface area contributed by atoms with Crippen LogP contribution in [-0.4, -0.2) is 56.2 Å². The summed E-state index contributed by atoms with van der Waals surface area (Å²) in [4.78, 5) is 9.64. The first-order valence-corrected chi connectivity index (χ1v) is 11.1. The molecule has 0 unspecified atom stereocenters. The van der Waals surface area contributed by atoms with Crippen molar-refractivity contribution in [2.45, 2.75) is 37.8 Å². The van der Waals surface area contributed by atoms with Gasteiger partial charge in [-0.15, -0.1) is 0 Å². The number of guanidine groups is 1. The summed E-state index contributed by atoms with van der Waals surface area (Å²) in [6.45, 7) is 3.38. The number of benzene rings is 2. The molecule has 31 heavy (non-hydrogen) atoms. The van der Waals surface area contributed by atoms with Crippen LogP contribution >= 0.6 is 0 Å². The first-order chi connectivity index (χ1) is 15.1. The standard InChI is InChI=1S/C24H32FN5O/c1-31-21-9-5-8-20(17-21)29-12-14-30(15-13-29)24(27-19-7-4-6-18(25)16-19)28-23-11-3-2-10-22(23)26/h4-9,16-17,22-23H,2-3,10-15,26H2,1H3,(H,27,28)/t22-,23-/m0/s1. The van der Waals surface area contributed by atoms with Gasteiger partial charge in [-0.25, -0.2) is 9.38 Å². The lowest BCUT2D eigenvalue weighted by Gasteiger charge is -2.38. The molecule has 2 aromatic carbocycles. The number of nitrogens with two attached hydrogens (primary N) is 1. The SMILES string of the molecule is COc1cccc(N2CCN(C(=N[C@H]3CCCC[C@@H]3N)Nc3cccc(F)c3)CC2)c1. The molecule has 2 aromatic rings. The number of aliphatic imine (C=N–C) groups is 1. The second-order valence-corrected chi connectivity index (χ2v) is 8.28. The van der Waals surface area contributed by atoms with Crippen LogP contribution in [0.4, 0.5) is 15.8 Å². The van der Waals surface area contributed by atoms with E-state index in [4.69, 9.17) is 15.5 Å². The van der Waals surface area contributed by atoms with Gasteiger partial charge in [-0.3, -0.25) is 0 Å². The summed E-state index contributed by atoms with van der Waals surface area (Å²) in [6.07, 6.45) is 4.32. The molecule has 4 rings (SSSR count). The summed E-state index contributed by atoms with van der Waals surface area (Å²) in [7, 11) is 1.69. The monoisotopic (exact) mass is 425 g/mol. The summed E-state index contributed by atoms with van der Waals surface area (Å²) >= 11 is 0. The molecule has 2 atom stereocenters. The number of ether oxygens (including phenoxy) is 1. The van der Waals surface area contributed by atoms with E-state index in [9.17, 15) is 4.39 Å². The second-order valence-electron chi connectivity index (χ2n) is 8.28. The van der Waals surface area contributed by atoms with E-state index in [0.717, 1.165) is 62.8 Å². The number of halogens is 1. The van der Waals surface area contributed by atoms with Gasteiger partial charge in [0, 0.05) is 49.7 Å². The van der Waals surface area contributed by atoms with Crippen molar-refractivity contribution in [3.05, 3.63) is 54.3 Å². The van der Waals surface area contributed by atoms with Crippen LogP contribution in [0.2, 0.25) is 0 Å². The molecule has 6 nitrogen and oxygen atoms in total. The predicted octanol–water partition coefficient (Wildman–Crippen LogP) is 3.69. The number of rotatable bonds is 4. The van der Waals surface area contributed by atoms with E-state index < -0.39 is 0 Å². The Morgan fingerprint density at radius 3 is 2.58 bits per heavy atom. The Morgan fingerprint density at radius 1 is 1.06 bits per heavy atom. The zero-order valence-corrected chi connectivity index (χ0v) is 18.1. The molecular weight excluding hydrogens is 393 g/mol. The largest absolute Gasteiger partial charge is 0.497 e. The molecule has 0 aromatic heterocycles. The minimum Gasteiger partial charge on any atom is -0.497 e. The van der Waals surface area contributed by atoms with Crippen molar-refractivity contribution in [1.29, 1.82) is 0 Å². The average Bonchev–Trinajstić information content (AvgIpc) is 2.80. The lowest BCUT2D eigenvalue weighted by Crippen LogP contribution is -2.51. The Balaban J connectivity index is 1.50. The molecule has 1 saturated carbocycles. The van der Waals surface area contributed by atoms with Gasteiger partial charge in [0.1, 0.15) is 11.6 Å². The molecule has 7 heteroatoms. The molecule has 0 amide bonds. The summed E-state index contributed by atoms with van der Waals surface area (Å²) in [5.41, 5.74) is 8.23. The van der Waals surface area contributed by atoms with E-state index in [1.165, 1.54) is 18.6 Å². The number of nitrogens with zero attached hydrogens (tertiary/aromatic N) is 3. The van der Waals surface area contributed by atoms with Gasteiger partial charge in [-0.2, -0.15) is 0 Å². The Morgan fingerprint density at radius 2 is 1.84 bits per heavy atom. The van der Waals surface area contributed by atoms with Crippen molar-refractivity contribution >= 4 is 17.3 Å². The number of hydrogen-bond donors (Lipinski definition) is 2. The van der Waals surface area contributed by atoms with Crippen LogP contribution in [0.3, 0.4) is 0 Å². The molecule has 1 saturated heterocycles. The van der Waals surface area contributed by atoms with Crippen LogP contribution in [0.25, 0.3) is 0 Å². The molecule has 1 aliphatic heterocycles. The van der Waals surface area contributed by atoms with Crippen LogP contribution in [0, 0.1) is 5.82 Å². The third-order valence-corrected chi connectivity index (χ3v) is 6.15. The zero-order chi connectivity index (χ0) is 21.6. The van der Waals surface area contributed by atoms with Gasteiger partial charge in [-0.1, -0.05) is 25.0 Å². The molecule has 0 spiro atoms. The van der Waals surface area contributed by atoms with Crippen molar-refractivity contribution in [3.8, 4) is 5.75 Å². The van der Waals surface area contributed by atoms with E-state index in [-0.39, 0.29) is 17.9 Å². The Kier molecular flexibility index (Phi) is 6.92. The third-order valence-electron chi connectivity index (χ3n) is 6.15. The minimum atomic E-state index is -0.262.